The molecule has 3 aliphatic rings. The first kappa shape index (κ1) is 12.4. The first-order valence-electron chi connectivity index (χ1n) is 6.92. The van der Waals surface area contributed by atoms with E-state index < -0.39 is 0 Å². The molecule has 0 aromatic rings. The zero-order chi connectivity index (χ0) is 12.7. The molecule has 3 fully saturated rings. The Morgan fingerprint density at radius 3 is 2.89 bits per heavy atom. The molecule has 1 amide bonds. The summed E-state index contributed by atoms with van der Waals surface area (Å²) < 4.78 is 5.27. The second-order valence-corrected chi connectivity index (χ2v) is 5.87. The topological polar surface area (TPSA) is 61.8 Å². The third-order valence-corrected chi connectivity index (χ3v) is 4.85. The van der Waals surface area contributed by atoms with Gasteiger partial charge in [0.15, 0.2) is 0 Å². The zero-order valence-corrected chi connectivity index (χ0v) is 10.8. The van der Waals surface area contributed by atoms with Crippen molar-refractivity contribution >= 4 is 5.91 Å². The van der Waals surface area contributed by atoms with Crippen LogP contribution in [0.15, 0.2) is 0 Å². The Hall–Kier alpha value is -0.650. The number of aliphatic hydroxyl groups is 1. The van der Waals surface area contributed by atoms with E-state index in [1.54, 1.807) is 7.11 Å². The monoisotopic (exact) mass is 254 g/mol. The maximum atomic E-state index is 12.4. The number of hydrogen-bond acceptors (Lipinski definition) is 4. The molecule has 0 spiro atoms. The van der Waals surface area contributed by atoms with Gasteiger partial charge in [-0.05, 0) is 25.2 Å². The molecule has 2 saturated heterocycles. The quantitative estimate of drug-likeness (QED) is 0.703. The largest absolute Gasteiger partial charge is 0.393 e. The lowest BCUT2D eigenvalue weighted by molar-refractivity contribution is -0.132. The number of carbonyl (C=O) groups excluding carboxylic acids is 1. The van der Waals surface area contributed by atoms with Gasteiger partial charge in [0.25, 0.3) is 0 Å². The van der Waals surface area contributed by atoms with Crippen molar-refractivity contribution in [2.45, 2.75) is 37.5 Å². The number of rotatable bonds is 2. The van der Waals surface area contributed by atoms with E-state index >= 15 is 0 Å². The van der Waals surface area contributed by atoms with Crippen LogP contribution in [0, 0.1) is 11.8 Å². The number of amides is 1. The smallest absolute Gasteiger partial charge is 0.239 e. The van der Waals surface area contributed by atoms with Crippen LogP contribution in [0.1, 0.15) is 19.3 Å². The molecule has 0 aromatic heterocycles. The van der Waals surface area contributed by atoms with Crippen molar-refractivity contribution in [1.82, 2.24) is 10.2 Å². The van der Waals surface area contributed by atoms with Gasteiger partial charge in [-0.3, -0.25) is 4.79 Å². The van der Waals surface area contributed by atoms with E-state index in [9.17, 15) is 9.90 Å². The number of carbonyl (C=O) groups is 1. The summed E-state index contributed by atoms with van der Waals surface area (Å²) in [6.07, 6.45) is 2.70. The number of hydrogen-bond donors (Lipinski definition) is 2. The molecule has 5 unspecified atom stereocenters. The highest BCUT2D eigenvalue weighted by Gasteiger charge is 2.45. The maximum absolute atomic E-state index is 12.4. The number of fused-ring (bicyclic) bond motifs is 1. The lowest BCUT2D eigenvalue weighted by Crippen LogP contribution is -2.43. The van der Waals surface area contributed by atoms with Crippen LogP contribution in [0.2, 0.25) is 0 Å². The first-order valence-corrected chi connectivity index (χ1v) is 6.92. The van der Waals surface area contributed by atoms with Gasteiger partial charge in [-0.1, -0.05) is 0 Å². The normalized spacial score (nSPS) is 43.4. The van der Waals surface area contributed by atoms with Crippen LogP contribution in [0.25, 0.3) is 0 Å². The summed E-state index contributed by atoms with van der Waals surface area (Å²) in [6.45, 7) is 2.33. The summed E-state index contributed by atoms with van der Waals surface area (Å²) in [7, 11) is 1.69. The number of nitrogens with one attached hydrogen (secondary N) is 1. The van der Waals surface area contributed by atoms with Crippen molar-refractivity contribution in [2.75, 3.05) is 26.7 Å². The minimum atomic E-state index is -0.198. The Bertz CT molecular complexity index is 336. The maximum Gasteiger partial charge on any atom is 0.239 e. The van der Waals surface area contributed by atoms with E-state index in [0.29, 0.717) is 11.8 Å². The van der Waals surface area contributed by atoms with E-state index in [4.69, 9.17) is 4.74 Å². The Balaban J connectivity index is 1.58. The van der Waals surface area contributed by atoms with Gasteiger partial charge in [-0.2, -0.15) is 0 Å². The Labute approximate surface area is 107 Å². The summed E-state index contributed by atoms with van der Waals surface area (Å²) in [5.74, 6) is 1.02. The molecule has 18 heavy (non-hydrogen) atoms. The van der Waals surface area contributed by atoms with Gasteiger partial charge in [0.1, 0.15) is 0 Å². The number of nitrogens with zero attached hydrogens (tertiary/aromatic N) is 1. The molecule has 5 atom stereocenters. The third kappa shape index (κ3) is 2.04. The van der Waals surface area contributed by atoms with Crippen LogP contribution in [0.4, 0.5) is 0 Å². The first-order chi connectivity index (χ1) is 8.69. The van der Waals surface area contributed by atoms with Crippen molar-refractivity contribution in [3.8, 4) is 0 Å². The van der Waals surface area contributed by atoms with Crippen molar-refractivity contribution < 1.29 is 14.6 Å². The molecule has 3 rings (SSSR count). The molecule has 1 aliphatic carbocycles. The van der Waals surface area contributed by atoms with Crippen molar-refractivity contribution in [3.05, 3.63) is 0 Å². The molecule has 5 heteroatoms. The second-order valence-electron chi connectivity index (χ2n) is 5.87. The summed E-state index contributed by atoms with van der Waals surface area (Å²) in [5.41, 5.74) is 0. The SMILES string of the molecule is COC1CNC(C(=O)N2CC3CCC(O)C3C2)C1. The van der Waals surface area contributed by atoms with Crippen LogP contribution in [-0.2, 0) is 9.53 Å². The van der Waals surface area contributed by atoms with E-state index in [-0.39, 0.29) is 24.2 Å². The molecule has 2 aliphatic heterocycles. The van der Waals surface area contributed by atoms with Gasteiger partial charge in [-0.15, -0.1) is 0 Å². The molecular weight excluding hydrogens is 232 g/mol. The van der Waals surface area contributed by atoms with Gasteiger partial charge in [0.2, 0.25) is 5.91 Å². The van der Waals surface area contributed by atoms with E-state index in [1.807, 2.05) is 4.90 Å². The highest BCUT2D eigenvalue weighted by molar-refractivity contribution is 5.82. The van der Waals surface area contributed by atoms with Gasteiger partial charge in [-0.25, -0.2) is 0 Å². The fourth-order valence-electron chi connectivity index (χ4n) is 3.71. The Kier molecular flexibility index (Phi) is 3.30. The second kappa shape index (κ2) is 4.79. The Morgan fingerprint density at radius 2 is 2.22 bits per heavy atom. The molecule has 2 heterocycles. The molecule has 1 saturated carbocycles. The molecule has 5 nitrogen and oxygen atoms in total. The average Bonchev–Trinajstić information content (AvgIpc) is 3.06. The lowest BCUT2D eigenvalue weighted by Gasteiger charge is -2.22. The fraction of sp³-hybridized carbons (Fsp3) is 0.923. The number of aliphatic hydroxyl groups excluding tert-OH is 1. The summed E-state index contributed by atoms with van der Waals surface area (Å²) in [4.78, 5) is 14.3. The summed E-state index contributed by atoms with van der Waals surface area (Å²) >= 11 is 0. The van der Waals surface area contributed by atoms with E-state index in [0.717, 1.165) is 38.9 Å². The summed E-state index contributed by atoms with van der Waals surface area (Å²) in [6, 6.07) is -0.0917. The van der Waals surface area contributed by atoms with Crippen LogP contribution < -0.4 is 5.32 Å². The van der Waals surface area contributed by atoms with Crippen LogP contribution in [0.3, 0.4) is 0 Å². The van der Waals surface area contributed by atoms with Crippen molar-refractivity contribution in [1.29, 1.82) is 0 Å². The molecule has 0 bridgehead atoms. The fourth-order valence-corrected chi connectivity index (χ4v) is 3.71. The predicted molar refractivity (Wildman–Crippen MR) is 66.0 cm³/mol. The molecule has 0 aromatic carbocycles. The Morgan fingerprint density at radius 1 is 1.39 bits per heavy atom. The van der Waals surface area contributed by atoms with Gasteiger partial charge >= 0.3 is 0 Å². The van der Waals surface area contributed by atoms with Gasteiger partial charge in [0.05, 0.1) is 18.2 Å². The summed E-state index contributed by atoms with van der Waals surface area (Å²) in [5, 5.41) is 13.1. The molecule has 2 N–H and O–H groups in total. The lowest BCUT2D eigenvalue weighted by atomic mass is 10.00. The molecular formula is C13H22N2O3. The van der Waals surface area contributed by atoms with Crippen LogP contribution in [-0.4, -0.2) is 60.9 Å². The number of methoxy groups -OCH3 is 1. The predicted octanol–water partition coefficient (Wildman–Crippen LogP) is -0.407. The van der Waals surface area contributed by atoms with E-state index in [2.05, 4.69) is 5.32 Å². The highest BCUT2D eigenvalue weighted by Crippen LogP contribution is 2.38. The van der Waals surface area contributed by atoms with Gasteiger partial charge in [0, 0.05) is 32.7 Å². The third-order valence-electron chi connectivity index (χ3n) is 4.85. The van der Waals surface area contributed by atoms with Gasteiger partial charge < -0.3 is 20.1 Å². The molecule has 102 valence electrons. The average molecular weight is 254 g/mol. The molecule has 0 radical (unpaired) electrons. The minimum absolute atomic E-state index is 0.0917. The van der Waals surface area contributed by atoms with Crippen molar-refractivity contribution in [2.24, 2.45) is 11.8 Å². The van der Waals surface area contributed by atoms with Crippen LogP contribution in [0.5, 0.6) is 0 Å². The minimum Gasteiger partial charge on any atom is -0.393 e. The van der Waals surface area contributed by atoms with E-state index in [1.165, 1.54) is 0 Å². The van der Waals surface area contributed by atoms with Crippen molar-refractivity contribution in [3.63, 3.8) is 0 Å². The zero-order valence-electron chi connectivity index (χ0n) is 10.8. The van der Waals surface area contributed by atoms with Crippen LogP contribution >= 0.6 is 0 Å². The standard InChI is InChI=1S/C13H22N2O3/c1-18-9-4-11(14-5-9)13(17)15-6-8-2-3-12(16)10(8)7-15/h8-12,14,16H,2-7H2,1H3. The number of ether oxygens (including phenoxy) is 1. The highest BCUT2D eigenvalue weighted by atomic mass is 16.5. The number of likely N-dealkylation sites (tertiary alicyclic amines) is 1.